The van der Waals surface area contributed by atoms with Crippen LogP contribution in [0.4, 0.5) is 0 Å². The van der Waals surface area contributed by atoms with Crippen LogP contribution in [0, 0.1) is 6.92 Å². The molecule has 1 amide bonds. The van der Waals surface area contributed by atoms with Gasteiger partial charge in [-0.15, -0.1) is 0 Å². The first kappa shape index (κ1) is 13.2. The topological polar surface area (TPSA) is 20.3 Å². The highest BCUT2D eigenvalue weighted by Gasteiger charge is 2.14. The van der Waals surface area contributed by atoms with Crippen LogP contribution in [0.5, 0.6) is 0 Å². The summed E-state index contributed by atoms with van der Waals surface area (Å²) in [6.45, 7) is 4.93. The molecule has 0 aromatic heterocycles. The van der Waals surface area contributed by atoms with Gasteiger partial charge >= 0.3 is 0 Å². The Morgan fingerprint density at radius 3 is 2.75 bits per heavy atom. The molecular weight excluding hydrogens is 266 g/mol. The highest BCUT2D eigenvalue weighted by atomic mass is 79.9. The van der Waals surface area contributed by atoms with Crippen LogP contribution in [0.2, 0.25) is 0 Å². The van der Waals surface area contributed by atoms with E-state index in [2.05, 4.69) is 22.9 Å². The number of amides is 1. The Kier molecular flexibility index (Phi) is 5.00. The van der Waals surface area contributed by atoms with E-state index in [-0.39, 0.29) is 5.91 Å². The second-order valence-electron chi connectivity index (χ2n) is 4.02. The van der Waals surface area contributed by atoms with Gasteiger partial charge in [0.15, 0.2) is 0 Å². The Hall–Kier alpha value is -0.830. The molecule has 0 saturated carbocycles. The molecule has 16 heavy (non-hydrogen) atoms. The van der Waals surface area contributed by atoms with Crippen molar-refractivity contribution in [3.63, 3.8) is 0 Å². The van der Waals surface area contributed by atoms with Crippen molar-refractivity contribution in [2.75, 3.05) is 13.6 Å². The smallest absolute Gasteiger partial charge is 0.254 e. The summed E-state index contributed by atoms with van der Waals surface area (Å²) in [5.74, 6) is 0.0871. The minimum atomic E-state index is 0.0871. The fourth-order valence-corrected chi connectivity index (χ4v) is 1.95. The van der Waals surface area contributed by atoms with Gasteiger partial charge in [0.2, 0.25) is 0 Å². The fraction of sp³-hybridized carbons (Fsp3) is 0.462. The van der Waals surface area contributed by atoms with Gasteiger partial charge in [-0.25, -0.2) is 0 Å². The lowest BCUT2D eigenvalue weighted by Crippen LogP contribution is -2.28. The van der Waals surface area contributed by atoms with Crippen molar-refractivity contribution in [3.8, 4) is 0 Å². The van der Waals surface area contributed by atoms with Crippen LogP contribution < -0.4 is 0 Å². The molecule has 0 unspecified atom stereocenters. The van der Waals surface area contributed by atoms with E-state index in [1.165, 1.54) is 0 Å². The molecule has 0 fully saturated rings. The largest absolute Gasteiger partial charge is 0.342 e. The number of halogens is 1. The normalized spacial score (nSPS) is 10.2. The van der Waals surface area contributed by atoms with Gasteiger partial charge in [-0.1, -0.05) is 25.5 Å². The van der Waals surface area contributed by atoms with Gasteiger partial charge in [-0.3, -0.25) is 4.79 Å². The van der Waals surface area contributed by atoms with Gasteiger partial charge in [-0.05, 0) is 40.9 Å². The summed E-state index contributed by atoms with van der Waals surface area (Å²) in [5.41, 5.74) is 1.84. The maximum atomic E-state index is 12.1. The van der Waals surface area contributed by atoms with Crippen LogP contribution in [0.3, 0.4) is 0 Å². The second kappa shape index (κ2) is 6.04. The van der Waals surface area contributed by atoms with Gasteiger partial charge in [0.05, 0.1) is 5.56 Å². The number of hydrogen-bond acceptors (Lipinski definition) is 1. The summed E-state index contributed by atoms with van der Waals surface area (Å²) in [7, 11) is 1.85. The number of hydrogen-bond donors (Lipinski definition) is 0. The predicted molar refractivity (Wildman–Crippen MR) is 70.7 cm³/mol. The predicted octanol–water partition coefficient (Wildman–Crippen LogP) is 3.63. The average Bonchev–Trinajstić information content (AvgIpc) is 2.28. The molecule has 1 aromatic carbocycles. The van der Waals surface area contributed by atoms with Crippen molar-refractivity contribution < 1.29 is 4.79 Å². The monoisotopic (exact) mass is 283 g/mol. The van der Waals surface area contributed by atoms with E-state index in [9.17, 15) is 4.79 Å². The molecule has 0 bridgehead atoms. The Morgan fingerprint density at radius 2 is 2.12 bits per heavy atom. The zero-order valence-corrected chi connectivity index (χ0v) is 11.7. The first-order valence-electron chi connectivity index (χ1n) is 5.58. The number of carbonyl (C=O) groups excluding carboxylic acids is 1. The zero-order valence-electron chi connectivity index (χ0n) is 10.1. The van der Waals surface area contributed by atoms with Crippen molar-refractivity contribution in [3.05, 3.63) is 33.8 Å². The quantitative estimate of drug-likeness (QED) is 0.826. The van der Waals surface area contributed by atoms with Crippen molar-refractivity contribution in [2.45, 2.75) is 26.7 Å². The third-order valence-corrected chi connectivity index (χ3v) is 3.67. The molecule has 0 aliphatic carbocycles. The number of benzene rings is 1. The average molecular weight is 284 g/mol. The van der Waals surface area contributed by atoms with Gasteiger partial charge in [0.25, 0.3) is 5.91 Å². The SMILES string of the molecule is CCCCN(C)C(=O)c1cccc(C)c1Br. The fourth-order valence-electron chi connectivity index (χ4n) is 1.52. The lowest BCUT2D eigenvalue weighted by Gasteiger charge is -2.18. The van der Waals surface area contributed by atoms with E-state index < -0.39 is 0 Å². The Bertz CT molecular complexity index is 376. The van der Waals surface area contributed by atoms with E-state index in [0.29, 0.717) is 0 Å². The number of unbranched alkanes of at least 4 members (excludes halogenated alkanes) is 1. The highest BCUT2D eigenvalue weighted by molar-refractivity contribution is 9.10. The summed E-state index contributed by atoms with van der Waals surface area (Å²) in [6, 6.07) is 5.77. The van der Waals surface area contributed by atoms with Gasteiger partial charge < -0.3 is 4.90 Å². The number of nitrogens with zero attached hydrogens (tertiary/aromatic N) is 1. The molecule has 3 heteroatoms. The van der Waals surface area contributed by atoms with E-state index in [0.717, 1.165) is 35.0 Å². The molecule has 0 spiro atoms. The molecule has 0 aliphatic rings. The molecule has 2 nitrogen and oxygen atoms in total. The first-order chi connectivity index (χ1) is 7.57. The van der Waals surface area contributed by atoms with Gasteiger partial charge in [0, 0.05) is 18.1 Å². The third kappa shape index (κ3) is 3.08. The first-order valence-corrected chi connectivity index (χ1v) is 6.37. The van der Waals surface area contributed by atoms with Crippen LogP contribution in [-0.2, 0) is 0 Å². The molecule has 0 heterocycles. The lowest BCUT2D eigenvalue weighted by atomic mass is 10.1. The molecule has 1 rings (SSSR count). The Labute approximate surface area is 106 Å². The Balaban J connectivity index is 2.84. The maximum absolute atomic E-state index is 12.1. The van der Waals surface area contributed by atoms with Crippen molar-refractivity contribution >= 4 is 21.8 Å². The summed E-state index contributed by atoms with van der Waals surface area (Å²) >= 11 is 3.47. The van der Waals surface area contributed by atoms with Crippen LogP contribution in [0.15, 0.2) is 22.7 Å². The molecule has 0 radical (unpaired) electrons. The third-order valence-electron chi connectivity index (χ3n) is 2.62. The van der Waals surface area contributed by atoms with Gasteiger partial charge in [-0.2, -0.15) is 0 Å². The number of carbonyl (C=O) groups is 1. The molecule has 0 aliphatic heterocycles. The number of aryl methyl sites for hydroxylation is 1. The minimum Gasteiger partial charge on any atom is -0.342 e. The lowest BCUT2D eigenvalue weighted by molar-refractivity contribution is 0.0792. The van der Waals surface area contributed by atoms with Crippen LogP contribution in [0.1, 0.15) is 35.7 Å². The molecule has 1 aromatic rings. The second-order valence-corrected chi connectivity index (χ2v) is 4.81. The standard InChI is InChI=1S/C13H18BrNO/c1-4-5-9-15(3)13(16)11-8-6-7-10(2)12(11)14/h6-8H,4-5,9H2,1-3H3. The van der Waals surface area contributed by atoms with E-state index in [4.69, 9.17) is 0 Å². The maximum Gasteiger partial charge on any atom is 0.254 e. The van der Waals surface area contributed by atoms with Crippen LogP contribution >= 0.6 is 15.9 Å². The zero-order chi connectivity index (χ0) is 12.1. The molecule has 0 N–H and O–H groups in total. The highest BCUT2D eigenvalue weighted by Crippen LogP contribution is 2.22. The van der Waals surface area contributed by atoms with Crippen LogP contribution in [-0.4, -0.2) is 24.4 Å². The van der Waals surface area contributed by atoms with Crippen molar-refractivity contribution in [1.82, 2.24) is 4.90 Å². The molecular formula is C13H18BrNO. The van der Waals surface area contributed by atoms with Crippen LogP contribution in [0.25, 0.3) is 0 Å². The molecule has 88 valence electrons. The molecule has 0 saturated heterocycles. The molecule has 0 atom stereocenters. The van der Waals surface area contributed by atoms with E-state index in [1.807, 2.05) is 32.2 Å². The van der Waals surface area contributed by atoms with E-state index in [1.54, 1.807) is 4.90 Å². The summed E-state index contributed by atoms with van der Waals surface area (Å²) in [5, 5.41) is 0. The summed E-state index contributed by atoms with van der Waals surface area (Å²) in [6.07, 6.45) is 2.15. The minimum absolute atomic E-state index is 0.0871. The van der Waals surface area contributed by atoms with Crippen molar-refractivity contribution in [1.29, 1.82) is 0 Å². The summed E-state index contributed by atoms with van der Waals surface area (Å²) < 4.78 is 0.906. The number of rotatable bonds is 4. The Morgan fingerprint density at radius 1 is 1.44 bits per heavy atom. The summed E-state index contributed by atoms with van der Waals surface area (Å²) in [4.78, 5) is 13.9. The van der Waals surface area contributed by atoms with Crippen molar-refractivity contribution in [2.24, 2.45) is 0 Å². The van der Waals surface area contributed by atoms with E-state index >= 15 is 0 Å². The van der Waals surface area contributed by atoms with Gasteiger partial charge in [0.1, 0.15) is 0 Å².